The summed E-state index contributed by atoms with van der Waals surface area (Å²) in [5.74, 6) is -0.0996. The van der Waals surface area contributed by atoms with Gasteiger partial charge in [-0.1, -0.05) is 57.5 Å². The first-order valence-corrected chi connectivity index (χ1v) is 12.5. The van der Waals surface area contributed by atoms with Gasteiger partial charge in [-0.2, -0.15) is 10.2 Å². The smallest absolute Gasteiger partial charge is 0.240 e. The fraction of sp³-hybridized carbons (Fsp3) is 0.333. The summed E-state index contributed by atoms with van der Waals surface area (Å²) in [4.78, 5) is 23.7. The molecular formula is C24H28Br2N4O4. The van der Waals surface area contributed by atoms with Gasteiger partial charge >= 0.3 is 0 Å². The standard InChI is InChI=1S/C24H28Br2N4O4/c25-19-9-12-22(32)18(13-19)16-28-30-24(34)8-6-4-2-1-3-5-7-23(33)29-27-15-17-14-20(31)10-11-21(17)26/h9-16,31-32H,1-8H2,(H,29,33)(H,30,34)/b27-15?,28-16+. The Labute approximate surface area is 215 Å². The Hall–Kier alpha value is -2.72. The SMILES string of the molecule is O=C(CCCCCCCCC(=O)N/N=C/c1cc(Br)ccc1O)NN=Cc1cc(O)ccc1Br. The van der Waals surface area contributed by atoms with Gasteiger partial charge in [-0.25, -0.2) is 10.9 Å². The minimum Gasteiger partial charge on any atom is -0.508 e. The number of carbonyl (C=O) groups excluding carboxylic acids is 2. The van der Waals surface area contributed by atoms with Crippen LogP contribution in [0.1, 0.15) is 62.5 Å². The number of amides is 2. The molecule has 10 heteroatoms. The molecule has 0 fully saturated rings. The van der Waals surface area contributed by atoms with Crippen LogP contribution in [-0.4, -0.2) is 34.5 Å². The topological polar surface area (TPSA) is 123 Å². The van der Waals surface area contributed by atoms with E-state index in [1.165, 1.54) is 12.4 Å². The second-order valence-corrected chi connectivity index (χ2v) is 9.39. The third-order valence-corrected chi connectivity index (χ3v) is 6.03. The van der Waals surface area contributed by atoms with Crippen molar-refractivity contribution in [3.8, 4) is 11.5 Å². The van der Waals surface area contributed by atoms with Crippen molar-refractivity contribution in [2.45, 2.75) is 51.4 Å². The van der Waals surface area contributed by atoms with E-state index in [1.54, 1.807) is 36.4 Å². The van der Waals surface area contributed by atoms with E-state index >= 15 is 0 Å². The van der Waals surface area contributed by atoms with Crippen LogP contribution in [0.4, 0.5) is 0 Å². The van der Waals surface area contributed by atoms with Crippen LogP contribution < -0.4 is 10.9 Å². The Morgan fingerprint density at radius 1 is 0.765 bits per heavy atom. The average molecular weight is 596 g/mol. The van der Waals surface area contributed by atoms with Crippen LogP contribution >= 0.6 is 31.9 Å². The number of carbonyl (C=O) groups is 2. The van der Waals surface area contributed by atoms with Crippen LogP contribution in [0.2, 0.25) is 0 Å². The molecule has 0 heterocycles. The van der Waals surface area contributed by atoms with Gasteiger partial charge in [-0.05, 0) is 49.2 Å². The highest BCUT2D eigenvalue weighted by Gasteiger charge is 2.03. The van der Waals surface area contributed by atoms with Crippen molar-refractivity contribution in [2.75, 3.05) is 0 Å². The minimum absolute atomic E-state index is 0.0907. The molecule has 0 bridgehead atoms. The molecule has 0 aliphatic rings. The zero-order valence-corrected chi connectivity index (χ0v) is 21.8. The molecule has 0 saturated carbocycles. The lowest BCUT2D eigenvalue weighted by Crippen LogP contribution is -2.17. The lowest BCUT2D eigenvalue weighted by molar-refractivity contribution is -0.122. The maximum absolute atomic E-state index is 11.8. The third-order valence-electron chi connectivity index (χ3n) is 4.81. The van der Waals surface area contributed by atoms with Crippen molar-refractivity contribution in [3.05, 3.63) is 56.5 Å². The zero-order valence-electron chi connectivity index (χ0n) is 18.6. The summed E-state index contributed by atoms with van der Waals surface area (Å²) in [6, 6.07) is 9.78. The molecule has 0 spiro atoms. The lowest BCUT2D eigenvalue weighted by atomic mass is 10.1. The van der Waals surface area contributed by atoms with Gasteiger partial charge in [-0.15, -0.1) is 0 Å². The molecule has 4 N–H and O–H groups in total. The number of nitrogens with one attached hydrogen (secondary N) is 2. The van der Waals surface area contributed by atoms with Crippen LogP contribution in [-0.2, 0) is 9.59 Å². The number of aromatic hydroxyl groups is 2. The first-order valence-electron chi connectivity index (χ1n) is 11.0. The van der Waals surface area contributed by atoms with Crippen LogP contribution in [0, 0.1) is 0 Å². The van der Waals surface area contributed by atoms with Crippen molar-refractivity contribution in [1.29, 1.82) is 0 Å². The van der Waals surface area contributed by atoms with Crippen molar-refractivity contribution in [1.82, 2.24) is 10.9 Å². The summed E-state index contributed by atoms with van der Waals surface area (Å²) in [6.07, 6.45) is 9.06. The van der Waals surface area contributed by atoms with Crippen LogP contribution in [0.3, 0.4) is 0 Å². The maximum atomic E-state index is 11.8. The largest absolute Gasteiger partial charge is 0.508 e. The van der Waals surface area contributed by atoms with E-state index in [0.29, 0.717) is 24.0 Å². The number of halogens is 2. The molecule has 0 atom stereocenters. The summed E-state index contributed by atoms with van der Waals surface area (Å²) >= 11 is 6.67. The van der Waals surface area contributed by atoms with Gasteiger partial charge < -0.3 is 10.2 Å². The Morgan fingerprint density at radius 3 is 1.94 bits per heavy atom. The number of rotatable bonds is 13. The second kappa shape index (κ2) is 15.2. The van der Waals surface area contributed by atoms with E-state index < -0.39 is 0 Å². The average Bonchev–Trinajstić information content (AvgIpc) is 2.80. The van der Waals surface area contributed by atoms with Crippen molar-refractivity contribution in [2.24, 2.45) is 10.2 Å². The van der Waals surface area contributed by atoms with Gasteiger partial charge in [0.15, 0.2) is 0 Å². The van der Waals surface area contributed by atoms with Gasteiger partial charge in [0.1, 0.15) is 11.5 Å². The lowest BCUT2D eigenvalue weighted by Gasteiger charge is -2.03. The molecule has 0 aliphatic heterocycles. The van der Waals surface area contributed by atoms with E-state index in [2.05, 4.69) is 52.9 Å². The molecule has 2 aromatic rings. The van der Waals surface area contributed by atoms with E-state index in [0.717, 1.165) is 47.5 Å². The number of hydrazone groups is 2. The molecule has 34 heavy (non-hydrogen) atoms. The summed E-state index contributed by atoms with van der Waals surface area (Å²) in [7, 11) is 0. The highest BCUT2D eigenvalue weighted by molar-refractivity contribution is 9.10. The number of benzene rings is 2. The Balaban J connectivity index is 1.49. The van der Waals surface area contributed by atoms with Gasteiger partial charge in [0, 0.05) is 32.9 Å². The maximum Gasteiger partial charge on any atom is 0.240 e. The molecule has 8 nitrogen and oxygen atoms in total. The molecule has 182 valence electrons. The van der Waals surface area contributed by atoms with Crippen LogP contribution in [0.25, 0.3) is 0 Å². The van der Waals surface area contributed by atoms with Gasteiger partial charge in [-0.3, -0.25) is 9.59 Å². The molecule has 0 unspecified atom stereocenters. The summed E-state index contributed by atoms with van der Waals surface area (Å²) in [5.41, 5.74) is 6.14. The number of unbranched alkanes of at least 4 members (excludes halogenated alkanes) is 5. The fourth-order valence-electron chi connectivity index (χ4n) is 3.00. The number of hydrogen-bond donors (Lipinski definition) is 4. The van der Waals surface area contributed by atoms with E-state index in [1.807, 2.05) is 0 Å². The van der Waals surface area contributed by atoms with E-state index in [9.17, 15) is 19.8 Å². The Kier molecular flexibility index (Phi) is 12.3. The van der Waals surface area contributed by atoms with Gasteiger partial charge in [0.05, 0.1) is 12.4 Å². The molecule has 2 aromatic carbocycles. The predicted molar refractivity (Wildman–Crippen MR) is 140 cm³/mol. The molecule has 2 amide bonds. The highest BCUT2D eigenvalue weighted by atomic mass is 79.9. The number of nitrogens with zero attached hydrogens (tertiary/aromatic N) is 2. The molecule has 0 saturated heterocycles. The Bertz CT molecular complexity index is 947. The van der Waals surface area contributed by atoms with Crippen molar-refractivity contribution < 1.29 is 19.8 Å². The Morgan fingerprint density at radius 2 is 1.32 bits per heavy atom. The summed E-state index contributed by atoms with van der Waals surface area (Å²) in [6.45, 7) is 0. The normalized spacial score (nSPS) is 11.2. The second-order valence-electron chi connectivity index (χ2n) is 7.62. The molecule has 0 radical (unpaired) electrons. The molecule has 0 aliphatic carbocycles. The van der Waals surface area contributed by atoms with Crippen LogP contribution in [0.5, 0.6) is 11.5 Å². The molecule has 0 aromatic heterocycles. The van der Waals surface area contributed by atoms with E-state index in [4.69, 9.17) is 0 Å². The van der Waals surface area contributed by atoms with Gasteiger partial charge in [0.25, 0.3) is 0 Å². The summed E-state index contributed by atoms with van der Waals surface area (Å²) in [5, 5.41) is 27.0. The number of phenolic OH excluding ortho intramolecular Hbond substituents is 2. The monoisotopic (exact) mass is 594 g/mol. The minimum atomic E-state index is -0.166. The first-order chi connectivity index (χ1) is 16.3. The molecular weight excluding hydrogens is 568 g/mol. The van der Waals surface area contributed by atoms with Gasteiger partial charge in [0.2, 0.25) is 11.8 Å². The first kappa shape index (κ1) is 27.5. The number of phenols is 2. The number of hydrogen-bond acceptors (Lipinski definition) is 6. The zero-order chi connectivity index (χ0) is 24.8. The highest BCUT2D eigenvalue weighted by Crippen LogP contribution is 2.20. The van der Waals surface area contributed by atoms with Crippen LogP contribution in [0.15, 0.2) is 55.5 Å². The fourth-order valence-corrected chi connectivity index (χ4v) is 3.72. The summed E-state index contributed by atoms with van der Waals surface area (Å²) < 4.78 is 1.58. The van der Waals surface area contributed by atoms with Crippen molar-refractivity contribution in [3.63, 3.8) is 0 Å². The predicted octanol–water partition coefficient (Wildman–Crippen LogP) is 5.34. The van der Waals surface area contributed by atoms with Crippen molar-refractivity contribution >= 4 is 56.1 Å². The van der Waals surface area contributed by atoms with E-state index in [-0.39, 0.29) is 23.3 Å². The quantitative estimate of drug-likeness (QED) is 0.142. The third kappa shape index (κ3) is 10.9. The molecule has 2 rings (SSSR count).